The number of carbonyl (C=O) groups is 2. The van der Waals surface area contributed by atoms with Crippen molar-refractivity contribution in [1.82, 2.24) is 5.32 Å². The Labute approximate surface area is 190 Å². The Morgan fingerprint density at radius 3 is 2.52 bits per heavy atom. The molecule has 1 atom stereocenters. The van der Waals surface area contributed by atoms with E-state index in [0.717, 1.165) is 65.7 Å². The van der Waals surface area contributed by atoms with Crippen LogP contribution in [0.5, 0.6) is 0 Å². The number of hydrogen-bond donors (Lipinski definition) is 1. The summed E-state index contributed by atoms with van der Waals surface area (Å²) in [6.07, 6.45) is 2.21. The first-order valence-electron chi connectivity index (χ1n) is 11.4. The van der Waals surface area contributed by atoms with E-state index in [2.05, 4.69) is 55.3 Å². The normalized spacial score (nSPS) is 18.6. The monoisotopic (exact) mass is 442 g/mol. The topological polar surface area (TPSA) is 58.6 Å². The predicted molar refractivity (Wildman–Crippen MR) is 128 cm³/mol. The lowest BCUT2D eigenvalue weighted by Gasteiger charge is -2.34. The third kappa shape index (κ3) is 5.17. The average molecular weight is 443 g/mol. The number of esters is 1. The Hall–Kier alpha value is -2.21. The lowest BCUT2D eigenvalue weighted by molar-refractivity contribution is -0.138. The fourth-order valence-electron chi connectivity index (χ4n) is 4.47. The zero-order valence-electron chi connectivity index (χ0n) is 19.1. The molecule has 1 aromatic rings. The van der Waals surface area contributed by atoms with Crippen LogP contribution in [0, 0.1) is 0 Å². The second kappa shape index (κ2) is 10.9. The molecule has 5 nitrogen and oxygen atoms in total. The lowest BCUT2D eigenvalue weighted by atomic mass is 9.75. The number of anilines is 1. The number of hydrogen-bond acceptors (Lipinski definition) is 6. The van der Waals surface area contributed by atoms with Crippen LogP contribution < -0.4 is 10.2 Å². The summed E-state index contributed by atoms with van der Waals surface area (Å²) < 4.78 is 5.62. The van der Waals surface area contributed by atoms with Crippen molar-refractivity contribution in [3.05, 3.63) is 52.4 Å². The minimum Gasteiger partial charge on any atom is -0.461 e. The van der Waals surface area contributed by atoms with Gasteiger partial charge in [0, 0.05) is 53.8 Å². The van der Waals surface area contributed by atoms with E-state index in [1.165, 1.54) is 0 Å². The van der Waals surface area contributed by atoms with Gasteiger partial charge < -0.3 is 15.0 Å². The van der Waals surface area contributed by atoms with Gasteiger partial charge in [0.25, 0.3) is 0 Å². The van der Waals surface area contributed by atoms with E-state index >= 15 is 0 Å². The van der Waals surface area contributed by atoms with E-state index < -0.39 is 0 Å². The van der Waals surface area contributed by atoms with Crippen molar-refractivity contribution in [3.63, 3.8) is 0 Å². The maximum Gasteiger partial charge on any atom is 0.336 e. The van der Waals surface area contributed by atoms with Gasteiger partial charge >= 0.3 is 5.97 Å². The maximum atomic E-state index is 13.1. The van der Waals surface area contributed by atoms with Crippen molar-refractivity contribution < 1.29 is 14.3 Å². The zero-order valence-corrected chi connectivity index (χ0v) is 19.9. The molecule has 2 aliphatic rings. The number of ketones is 1. The largest absolute Gasteiger partial charge is 0.461 e. The van der Waals surface area contributed by atoms with Gasteiger partial charge in [-0.25, -0.2) is 4.79 Å². The Morgan fingerprint density at radius 2 is 1.87 bits per heavy atom. The molecular formula is C25H34N2O3S. The number of allylic oxidation sites excluding steroid dienone is 3. The number of benzene rings is 1. The SMILES string of the molecule is CCSCCOC(=O)C1=C(C)NC2=C(C(=O)CCC2)C1c1ccc(N(CC)CC)cc1. The van der Waals surface area contributed by atoms with Crippen molar-refractivity contribution in [3.8, 4) is 0 Å². The third-order valence-corrected chi connectivity index (χ3v) is 6.88. The summed E-state index contributed by atoms with van der Waals surface area (Å²) in [6, 6.07) is 8.30. The first kappa shape index (κ1) is 23.5. The van der Waals surface area contributed by atoms with Gasteiger partial charge in [0.2, 0.25) is 0 Å². The molecular weight excluding hydrogens is 408 g/mol. The quantitative estimate of drug-likeness (QED) is 0.438. The molecule has 0 aromatic heterocycles. The lowest BCUT2D eigenvalue weighted by Crippen LogP contribution is -2.34. The van der Waals surface area contributed by atoms with Gasteiger partial charge in [-0.15, -0.1) is 0 Å². The number of Topliss-reactive ketones (excluding diaryl/α,β-unsaturated/α-hetero) is 1. The fourth-order valence-corrected chi connectivity index (χ4v) is 4.96. The van der Waals surface area contributed by atoms with Crippen LogP contribution in [0.2, 0.25) is 0 Å². The molecule has 3 rings (SSSR count). The number of carbonyl (C=O) groups excluding carboxylic acids is 2. The number of ether oxygens (including phenoxy) is 1. The van der Waals surface area contributed by atoms with E-state index in [9.17, 15) is 9.59 Å². The Kier molecular flexibility index (Phi) is 8.24. The van der Waals surface area contributed by atoms with Crippen LogP contribution >= 0.6 is 11.8 Å². The molecule has 6 heteroatoms. The third-order valence-electron chi connectivity index (χ3n) is 6.02. The smallest absolute Gasteiger partial charge is 0.336 e. The molecule has 1 aliphatic carbocycles. The molecule has 1 aliphatic heterocycles. The van der Waals surface area contributed by atoms with Crippen LogP contribution in [0.1, 0.15) is 58.4 Å². The van der Waals surface area contributed by atoms with E-state index in [0.29, 0.717) is 18.6 Å². The van der Waals surface area contributed by atoms with Gasteiger partial charge in [-0.1, -0.05) is 19.1 Å². The van der Waals surface area contributed by atoms with Gasteiger partial charge in [-0.3, -0.25) is 4.79 Å². The minimum absolute atomic E-state index is 0.130. The molecule has 0 fully saturated rings. The number of nitrogens with zero attached hydrogens (tertiary/aromatic N) is 1. The van der Waals surface area contributed by atoms with Gasteiger partial charge in [-0.05, 0) is 57.1 Å². The van der Waals surface area contributed by atoms with E-state index in [-0.39, 0.29) is 17.7 Å². The van der Waals surface area contributed by atoms with Crippen molar-refractivity contribution >= 4 is 29.2 Å². The standard InChI is InChI=1S/C25H34N2O3S/c1-5-27(6-2)19-13-11-18(12-14-19)23-22(25(29)30-15-16-31-7-3)17(4)26-20-9-8-10-21(28)24(20)23/h11-14,23,26H,5-10,15-16H2,1-4H3. The molecule has 1 N–H and O–H groups in total. The second-order valence-electron chi connectivity index (χ2n) is 7.86. The predicted octanol–water partition coefficient (Wildman–Crippen LogP) is 4.80. The highest BCUT2D eigenvalue weighted by Crippen LogP contribution is 2.42. The minimum atomic E-state index is -0.374. The van der Waals surface area contributed by atoms with Crippen LogP contribution in [0.3, 0.4) is 0 Å². The summed E-state index contributed by atoms with van der Waals surface area (Å²) in [5.41, 5.74) is 5.17. The first-order valence-corrected chi connectivity index (χ1v) is 12.5. The molecule has 31 heavy (non-hydrogen) atoms. The molecule has 0 spiro atoms. The van der Waals surface area contributed by atoms with E-state index in [1.807, 2.05) is 6.92 Å². The maximum absolute atomic E-state index is 13.1. The summed E-state index contributed by atoms with van der Waals surface area (Å²) in [4.78, 5) is 28.4. The summed E-state index contributed by atoms with van der Waals surface area (Å²) in [6.45, 7) is 10.5. The molecule has 0 saturated carbocycles. The summed E-state index contributed by atoms with van der Waals surface area (Å²) in [5.74, 6) is 1.20. The molecule has 1 heterocycles. The highest BCUT2D eigenvalue weighted by Gasteiger charge is 2.39. The first-order chi connectivity index (χ1) is 15.0. The summed E-state index contributed by atoms with van der Waals surface area (Å²) in [5, 5.41) is 3.35. The number of nitrogens with one attached hydrogen (secondary N) is 1. The van der Waals surface area contributed by atoms with Gasteiger partial charge in [-0.2, -0.15) is 11.8 Å². The molecule has 0 bridgehead atoms. The molecule has 168 valence electrons. The Bertz CT molecular complexity index is 869. The number of dihydropyridines is 1. The molecule has 0 saturated heterocycles. The van der Waals surface area contributed by atoms with Crippen molar-refractivity contribution in [2.24, 2.45) is 0 Å². The van der Waals surface area contributed by atoms with Crippen LogP contribution in [-0.2, 0) is 14.3 Å². The Balaban J connectivity index is 1.97. The van der Waals surface area contributed by atoms with E-state index in [1.54, 1.807) is 11.8 Å². The Morgan fingerprint density at radius 1 is 1.16 bits per heavy atom. The van der Waals surface area contributed by atoms with Crippen molar-refractivity contribution in [2.45, 2.75) is 52.9 Å². The zero-order chi connectivity index (χ0) is 22.4. The molecule has 0 radical (unpaired) electrons. The van der Waals surface area contributed by atoms with Crippen LogP contribution in [0.15, 0.2) is 46.8 Å². The van der Waals surface area contributed by atoms with Gasteiger partial charge in [0.05, 0.1) is 5.57 Å². The fraction of sp³-hybridized carbons (Fsp3) is 0.520. The summed E-state index contributed by atoms with van der Waals surface area (Å²) in [7, 11) is 0. The highest BCUT2D eigenvalue weighted by molar-refractivity contribution is 7.99. The highest BCUT2D eigenvalue weighted by atomic mass is 32.2. The summed E-state index contributed by atoms with van der Waals surface area (Å²) >= 11 is 1.74. The van der Waals surface area contributed by atoms with E-state index in [4.69, 9.17) is 4.74 Å². The van der Waals surface area contributed by atoms with Crippen LogP contribution in [0.25, 0.3) is 0 Å². The van der Waals surface area contributed by atoms with Gasteiger partial charge in [0.15, 0.2) is 5.78 Å². The second-order valence-corrected chi connectivity index (χ2v) is 9.26. The van der Waals surface area contributed by atoms with Crippen molar-refractivity contribution in [2.75, 3.05) is 36.1 Å². The van der Waals surface area contributed by atoms with Crippen LogP contribution in [-0.4, -0.2) is 43.0 Å². The molecule has 0 amide bonds. The molecule has 1 unspecified atom stereocenters. The average Bonchev–Trinajstić information content (AvgIpc) is 2.77. The number of thioether (sulfide) groups is 1. The van der Waals surface area contributed by atoms with Crippen molar-refractivity contribution in [1.29, 1.82) is 0 Å². The van der Waals surface area contributed by atoms with Gasteiger partial charge in [0.1, 0.15) is 6.61 Å². The number of rotatable bonds is 9. The molecule has 1 aromatic carbocycles. The van der Waals surface area contributed by atoms with Crippen LogP contribution in [0.4, 0.5) is 5.69 Å².